The van der Waals surface area contributed by atoms with Crippen LogP contribution in [0.1, 0.15) is 30.2 Å². The Hall–Kier alpha value is -3.00. The van der Waals surface area contributed by atoms with Gasteiger partial charge in [-0.2, -0.15) is 10.1 Å². The molecule has 0 atom stereocenters. The minimum atomic E-state index is -0.327. The number of aromatic nitrogens is 4. The first-order valence-corrected chi connectivity index (χ1v) is 9.04. The summed E-state index contributed by atoms with van der Waals surface area (Å²) in [6, 6.07) is 5.43. The van der Waals surface area contributed by atoms with Gasteiger partial charge in [-0.3, -0.25) is 4.79 Å². The number of furan rings is 1. The highest BCUT2D eigenvalue weighted by Crippen LogP contribution is 2.27. The van der Waals surface area contributed by atoms with Gasteiger partial charge in [0.2, 0.25) is 0 Å². The van der Waals surface area contributed by atoms with Gasteiger partial charge in [0.05, 0.1) is 23.4 Å². The van der Waals surface area contributed by atoms with E-state index in [1.807, 2.05) is 43.1 Å². The molecule has 0 radical (unpaired) electrons. The molecule has 0 saturated heterocycles. The smallest absolute Gasteiger partial charge is 0.280 e. The van der Waals surface area contributed by atoms with Gasteiger partial charge in [-0.05, 0) is 32.0 Å². The second kappa shape index (κ2) is 6.38. The Morgan fingerprint density at radius 2 is 2.23 bits per heavy atom. The molecule has 0 unspecified atom stereocenters. The number of carbonyl (C=O) groups is 1. The van der Waals surface area contributed by atoms with Crippen LogP contribution in [0.5, 0.6) is 0 Å². The summed E-state index contributed by atoms with van der Waals surface area (Å²) in [5.74, 6) is 0.269. The molecule has 4 aromatic heterocycles. The normalized spacial score (nSPS) is 12.4. The van der Waals surface area contributed by atoms with E-state index in [0.717, 1.165) is 0 Å². The summed E-state index contributed by atoms with van der Waals surface area (Å²) in [4.78, 5) is 22.5. The van der Waals surface area contributed by atoms with Crippen LogP contribution in [0.4, 0.5) is 0 Å². The summed E-state index contributed by atoms with van der Waals surface area (Å²) in [5.41, 5.74) is 1.68. The zero-order valence-corrected chi connectivity index (χ0v) is 15.4. The zero-order valence-electron chi connectivity index (χ0n) is 14.6. The van der Waals surface area contributed by atoms with Crippen LogP contribution in [-0.4, -0.2) is 25.2 Å². The van der Waals surface area contributed by atoms with E-state index >= 15 is 0 Å². The van der Waals surface area contributed by atoms with Crippen LogP contribution >= 0.6 is 11.3 Å². The summed E-state index contributed by atoms with van der Waals surface area (Å²) >= 11 is 1.41. The van der Waals surface area contributed by atoms with Crippen molar-refractivity contribution in [1.29, 1.82) is 0 Å². The third kappa shape index (κ3) is 2.78. The van der Waals surface area contributed by atoms with Gasteiger partial charge in [-0.25, -0.2) is 9.67 Å². The van der Waals surface area contributed by atoms with Gasteiger partial charge in [0, 0.05) is 24.7 Å². The average Bonchev–Trinajstić information content (AvgIpc) is 3.34. The van der Waals surface area contributed by atoms with Gasteiger partial charge < -0.3 is 8.98 Å². The zero-order chi connectivity index (χ0) is 18.3. The molecule has 0 fully saturated rings. The number of carbonyl (C=O) groups excluding carboxylic acids is 1. The number of hydrogen-bond acceptors (Lipinski definition) is 5. The largest absolute Gasteiger partial charge is 0.463 e. The standard InChI is InChI=1S/C18H17N5O2S/c1-11(2)23-16-13(10-19-23)12(9-14(20-16)15-5-4-7-25-15)17(24)21-18-22(3)6-8-26-18/h4-11H,1-3H3. The highest BCUT2D eigenvalue weighted by Gasteiger charge is 2.19. The van der Waals surface area contributed by atoms with Crippen molar-refractivity contribution in [2.45, 2.75) is 19.9 Å². The second-order valence-electron chi connectivity index (χ2n) is 6.17. The fraction of sp³-hybridized carbons (Fsp3) is 0.222. The van der Waals surface area contributed by atoms with Gasteiger partial charge >= 0.3 is 0 Å². The average molecular weight is 367 g/mol. The molecule has 0 spiro atoms. The lowest BCUT2D eigenvalue weighted by molar-refractivity contribution is 0.0999. The van der Waals surface area contributed by atoms with E-state index in [1.165, 1.54) is 11.3 Å². The van der Waals surface area contributed by atoms with Crippen LogP contribution in [0.25, 0.3) is 22.5 Å². The van der Waals surface area contributed by atoms with E-state index < -0.39 is 0 Å². The minimum Gasteiger partial charge on any atom is -0.463 e. The lowest BCUT2D eigenvalue weighted by Crippen LogP contribution is -2.13. The van der Waals surface area contributed by atoms with Gasteiger partial charge in [0.15, 0.2) is 16.2 Å². The van der Waals surface area contributed by atoms with E-state index in [2.05, 4.69) is 15.1 Å². The number of hydrogen-bond donors (Lipinski definition) is 0. The summed E-state index contributed by atoms with van der Waals surface area (Å²) in [7, 11) is 1.86. The Morgan fingerprint density at radius 3 is 2.88 bits per heavy atom. The highest BCUT2D eigenvalue weighted by atomic mass is 32.1. The molecule has 0 bridgehead atoms. The predicted octanol–water partition coefficient (Wildman–Crippen LogP) is 3.41. The van der Waals surface area contributed by atoms with E-state index in [4.69, 9.17) is 4.42 Å². The third-order valence-electron chi connectivity index (χ3n) is 4.02. The first-order chi connectivity index (χ1) is 12.5. The number of rotatable bonds is 3. The molecule has 0 saturated carbocycles. The Balaban J connectivity index is 1.96. The van der Waals surface area contributed by atoms with Crippen molar-refractivity contribution in [3.63, 3.8) is 0 Å². The topological polar surface area (TPSA) is 78.2 Å². The van der Waals surface area contributed by atoms with E-state index in [1.54, 1.807) is 29.3 Å². The Labute approximate surface area is 153 Å². The van der Waals surface area contributed by atoms with Gasteiger partial charge in [-0.15, -0.1) is 11.3 Å². The Kier molecular flexibility index (Phi) is 4.04. The maximum absolute atomic E-state index is 12.9. The number of thiazole rings is 1. The number of fused-ring (bicyclic) bond motifs is 1. The van der Waals surface area contributed by atoms with Crippen molar-refractivity contribution in [3.05, 3.63) is 52.6 Å². The van der Waals surface area contributed by atoms with Crippen LogP contribution in [0.15, 0.2) is 51.6 Å². The Morgan fingerprint density at radius 1 is 1.38 bits per heavy atom. The third-order valence-corrected chi connectivity index (χ3v) is 4.86. The van der Waals surface area contributed by atoms with Crippen molar-refractivity contribution in [2.75, 3.05) is 0 Å². The molecular weight excluding hydrogens is 350 g/mol. The first kappa shape index (κ1) is 16.5. The first-order valence-electron chi connectivity index (χ1n) is 8.16. The van der Waals surface area contributed by atoms with Crippen LogP contribution < -0.4 is 4.80 Å². The lowest BCUT2D eigenvalue weighted by Gasteiger charge is -2.08. The number of aryl methyl sites for hydroxylation is 1. The molecule has 1 amide bonds. The molecule has 8 heteroatoms. The number of nitrogens with zero attached hydrogens (tertiary/aromatic N) is 5. The van der Waals surface area contributed by atoms with E-state index in [9.17, 15) is 4.79 Å². The van der Waals surface area contributed by atoms with E-state index in [-0.39, 0.29) is 11.9 Å². The molecule has 7 nitrogen and oxygen atoms in total. The molecule has 4 heterocycles. The number of amides is 1. The van der Waals surface area contributed by atoms with Gasteiger partial charge in [-0.1, -0.05) is 0 Å². The van der Waals surface area contributed by atoms with Crippen molar-refractivity contribution in [1.82, 2.24) is 19.3 Å². The summed E-state index contributed by atoms with van der Waals surface area (Å²) < 4.78 is 9.08. The summed E-state index contributed by atoms with van der Waals surface area (Å²) in [6.07, 6.45) is 5.12. The maximum Gasteiger partial charge on any atom is 0.280 e. The van der Waals surface area contributed by atoms with Crippen LogP contribution in [0.3, 0.4) is 0 Å². The fourth-order valence-electron chi connectivity index (χ4n) is 2.71. The Bertz CT molecular complexity index is 1150. The van der Waals surface area contributed by atoms with Crippen LogP contribution in [-0.2, 0) is 7.05 Å². The quantitative estimate of drug-likeness (QED) is 0.556. The molecule has 4 rings (SSSR count). The molecule has 0 aromatic carbocycles. The van der Waals surface area contributed by atoms with Crippen molar-refractivity contribution < 1.29 is 9.21 Å². The maximum atomic E-state index is 12.9. The van der Waals surface area contributed by atoms with Crippen LogP contribution in [0.2, 0.25) is 0 Å². The molecule has 0 aliphatic carbocycles. The molecule has 0 aliphatic heterocycles. The molecule has 0 aliphatic rings. The lowest BCUT2D eigenvalue weighted by atomic mass is 10.1. The molecule has 26 heavy (non-hydrogen) atoms. The SMILES string of the molecule is CC(C)n1ncc2c(C(=O)N=c3sccn3C)cc(-c3ccco3)nc21. The monoisotopic (exact) mass is 367 g/mol. The fourth-order valence-corrected chi connectivity index (χ4v) is 3.43. The molecular formula is C18H17N5O2S. The predicted molar refractivity (Wildman–Crippen MR) is 98.8 cm³/mol. The summed E-state index contributed by atoms with van der Waals surface area (Å²) in [6.45, 7) is 4.04. The van der Waals surface area contributed by atoms with Crippen molar-refractivity contribution in [3.8, 4) is 11.5 Å². The minimum absolute atomic E-state index is 0.113. The summed E-state index contributed by atoms with van der Waals surface area (Å²) in [5, 5.41) is 6.97. The highest BCUT2D eigenvalue weighted by molar-refractivity contribution is 7.07. The van der Waals surface area contributed by atoms with Crippen LogP contribution in [0, 0.1) is 0 Å². The van der Waals surface area contributed by atoms with Gasteiger partial charge in [0.1, 0.15) is 5.69 Å². The molecule has 132 valence electrons. The van der Waals surface area contributed by atoms with Gasteiger partial charge in [0.25, 0.3) is 5.91 Å². The van der Waals surface area contributed by atoms with Crippen molar-refractivity contribution in [2.24, 2.45) is 12.0 Å². The molecule has 0 N–H and O–H groups in total. The second-order valence-corrected chi connectivity index (χ2v) is 7.04. The van der Waals surface area contributed by atoms with E-state index in [0.29, 0.717) is 32.9 Å². The number of pyridine rings is 1. The molecule has 4 aromatic rings. The van der Waals surface area contributed by atoms with Crippen molar-refractivity contribution >= 4 is 28.3 Å².